The van der Waals surface area contributed by atoms with Crippen LogP contribution in [0.15, 0.2) is 53.6 Å². The lowest BCUT2D eigenvalue weighted by Gasteiger charge is -2.01. The van der Waals surface area contributed by atoms with Crippen molar-refractivity contribution in [2.24, 2.45) is 11.0 Å². The summed E-state index contributed by atoms with van der Waals surface area (Å²) in [4.78, 5) is 12.0. The Labute approximate surface area is 132 Å². The lowest BCUT2D eigenvalue weighted by Crippen LogP contribution is -2.20. The molecule has 1 aliphatic rings. The second kappa shape index (κ2) is 6.28. The summed E-state index contributed by atoms with van der Waals surface area (Å²) in [6.07, 6.45) is 2.04. The highest BCUT2D eigenvalue weighted by Crippen LogP contribution is 2.47. The third-order valence-corrected chi connectivity index (χ3v) is 4.05. The van der Waals surface area contributed by atoms with E-state index in [2.05, 4.69) is 10.5 Å². The number of hydrogen-bond acceptors (Lipinski definition) is 2. The maximum Gasteiger partial charge on any atom is 0.243 e. The van der Waals surface area contributed by atoms with Crippen molar-refractivity contribution in [2.45, 2.75) is 12.3 Å². The van der Waals surface area contributed by atoms with E-state index in [1.807, 2.05) is 30.3 Å². The van der Waals surface area contributed by atoms with Crippen molar-refractivity contribution < 1.29 is 9.18 Å². The smallest absolute Gasteiger partial charge is 0.243 e. The molecule has 0 aromatic heterocycles. The van der Waals surface area contributed by atoms with Crippen LogP contribution in [0.3, 0.4) is 0 Å². The summed E-state index contributed by atoms with van der Waals surface area (Å²) in [5.41, 5.74) is 3.78. The molecule has 1 N–H and O–H groups in total. The molecule has 0 heterocycles. The fourth-order valence-electron chi connectivity index (χ4n) is 2.43. The zero-order valence-corrected chi connectivity index (χ0v) is 12.4. The summed E-state index contributed by atoms with van der Waals surface area (Å²) in [7, 11) is 0. The average molecular weight is 317 g/mol. The monoisotopic (exact) mass is 316 g/mol. The van der Waals surface area contributed by atoms with E-state index < -0.39 is 5.82 Å². The number of nitrogens with zero attached hydrogens (tertiary/aromatic N) is 1. The van der Waals surface area contributed by atoms with Crippen LogP contribution in [0, 0.1) is 11.7 Å². The molecule has 1 fully saturated rings. The lowest BCUT2D eigenvalue weighted by molar-refractivity contribution is -0.122. The number of hydrazone groups is 1. The van der Waals surface area contributed by atoms with E-state index in [1.165, 1.54) is 18.3 Å². The highest BCUT2D eigenvalue weighted by Gasteiger charge is 2.43. The maximum atomic E-state index is 13.5. The first kappa shape index (κ1) is 14.7. The summed E-state index contributed by atoms with van der Waals surface area (Å²) in [5, 5.41) is 4.06. The molecule has 0 bridgehead atoms. The highest BCUT2D eigenvalue weighted by molar-refractivity contribution is 6.33. The van der Waals surface area contributed by atoms with Gasteiger partial charge >= 0.3 is 0 Å². The van der Waals surface area contributed by atoms with Gasteiger partial charge in [-0.25, -0.2) is 9.82 Å². The first-order valence-electron chi connectivity index (χ1n) is 6.98. The van der Waals surface area contributed by atoms with Gasteiger partial charge in [0.25, 0.3) is 0 Å². The molecule has 0 aliphatic heterocycles. The van der Waals surface area contributed by atoms with Gasteiger partial charge in [0.15, 0.2) is 0 Å². The largest absolute Gasteiger partial charge is 0.273 e. The Morgan fingerprint density at radius 3 is 2.73 bits per heavy atom. The Balaban J connectivity index is 1.59. The van der Waals surface area contributed by atoms with Gasteiger partial charge in [-0.05, 0) is 30.0 Å². The van der Waals surface area contributed by atoms with Crippen LogP contribution in [0.5, 0.6) is 0 Å². The number of nitrogens with one attached hydrogen (secondary N) is 1. The van der Waals surface area contributed by atoms with Gasteiger partial charge < -0.3 is 0 Å². The normalized spacial score (nSPS) is 20.1. The van der Waals surface area contributed by atoms with Gasteiger partial charge in [0.1, 0.15) is 5.82 Å². The minimum absolute atomic E-state index is 0.0735. The molecule has 3 rings (SSSR count). The lowest BCUT2D eigenvalue weighted by atomic mass is 10.1. The zero-order chi connectivity index (χ0) is 15.5. The van der Waals surface area contributed by atoms with E-state index in [0.29, 0.717) is 0 Å². The summed E-state index contributed by atoms with van der Waals surface area (Å²) < 4.78 is 13.5. The van der Waals surface area contributed by atoms with E-state index in [4.69, 9.17) is 11.6 Å². The fourth-order valence-corrected chi connectivity index (χ4v) is 2.64. The molecule has 0 saturated heterocycles. The number of benzene rings is 2. The molecule has 1 amide bonds. The average Bonchev–Trinajstić information content (AvgIpc) is 3.32. The topological polar surface area (TPSA) is 41.5 Å². The second-order valence-electron chi connectivity index (χ2n) is 5.23. The second-order valence-corrected chi connectivity index (χ2v) is 5.64. The first-order chi connectivity index (χ1) is 10.7. The van der Waals surface area contributed by atoms with E-state index in [1.54, 1.807) is 6.07 Å². The van der Waals surface area contributed by atoms with Gasteiger partial charge in [-0.3, -0.25) is 4.79 Å². The number of hydrogen-bond donors (Lipinski definition) is 1. The van der Waals surface area contributed by atoms with Gasteiger partial charge in [0, 0.05) is 11.5 Å². The van der Waals surface area contributed by atoms with Crippen molar-refractivity contribution in [2.75, 3.05) is 0 Å². The van der Waals surface area contributed by atoms with Gasteiger partial charge in [-0.15, -0.1) is 0 Å². The van der Waals surface area contributed by atoms with Crippen LogP contribution in [-0.4, -0.2) is 12.1 Å². The van der Waals surface area contributed by atoms with Crippen molar-refractivity contribution in [3.05, 3.63) is 70.5 Å². The number of rotatable bonds is 4. The molecule has 3 nitrogen and oxygen atoms in total. The molecular weight excluding hydrogens is 303 g/mol. The van der Waals surface area contributed by atoms with Crippen LogP contribution in [0.1, 0.15) is 23.5 Å². The number of carbonyl (C=O) groups excluding carboxylic acids is 1. The molecule has 2 atom stereocenters. The van der Waals surface area contributed by atoms with Crippen LogP contribution in [0.25, 0.3) is 0 Å². The standard InChI is InChI=1S/C17H14ClFN2O/c18-15-7-4-8-16(19)14(15)10-20-21-17(22)13-9-12(13)11-5-2-1-3-6-11/h1-8,10,12-13H,9H2,(H,21,22)/b20-10-/t12-,13+/m0/s1. The Hall–Kier alpha value is -2.20. The predicted molar refractivity (Wildman–Crippen MR) is 84.4 cm³/mol. The van der Waals surface area contributed by atoms with Gasteiger partial charge in [0.05, 0.1) is 11.2 Å². The number of amides is 1. The third kappa shape index (κ3) is 3.17. The van der Waals surface area contributed by atoms with Crippen LogP contribution in [0.4, 0.5) is 4.39 Å². The highest BCUT2D eigenvalue weighted by atomic mass is 35.5. The van der Waals surface area contributed by atoms with Crippen LogP contribution in [0.2, 0.25) is 5.02 Å². The van der Waals surface area contributed by atoms with Crippen LogP contribution < -0.4 is 5.43 Å². The molecule has 0 spiro atoms. The summed E-state index contributed by atoms with van der Waals surface area (Å²) in [6.45, 7) is 0. The van der Waals surface area contributed by atoms with E-state index in [-0.39, 0.29) is 28.3 Å². The van der Waals surface area contributed by atoms with Crippen LogP contribution in [-0.2, 0) is 4.79 Å². The molecule has 112 valence electrons. The summed E-state index contributed by atoms with van der Waals surface area (Å²) in [5.74, 6) is -0.458. The van der Waals surface area contributed by atoms with E-state index in [9.17, 15) is 9.18 Å². The van der Waals surface area contributed by atoms with Crippen molar-refractivity contribution in [1.82, 2.24) is 5.43 Å². The maximum absolute atomic E-state index is 13.5. The Bertz CT molecular complexity index is 698. The molecule has 1 aliphatic carbocycles. The molecule has 22 heavy (non-hydrogen) atoms. The number of halogens is 2. The van der Waals surface area contributed by atoms with Gasteiger partial charge in [-0.2, -0.15) is 5.10 Å². The van der Waals surface area contributed by atoms with Crippen molar-refractivity contribution >= 4 is 23.7 Å². The fraction of sp³-hybridized carbons (Fsp3) is 0.176. The zero-order valence-electron chi connectivity index (χ0n) is 11.7. The molecule has 2 aromatic carbocycles. The van der Waals surface area contributed by atoms with Crippen LogP contribution >= 0.6 is 11.6 Å². The molecule has 0 unspecified atom stereocenters. The minimum Gasteiger partial charge on any atom is -0.273 e. The van der Waals surface area contributed by atoms with Gasteiger partial charge in [0.2, 0.25) is 5.91 Å². The Morgan fingerprint density at radius 2 is 2.00 bits per heavy atom. The van der Waals surface area contributed by atoms with Gasteiger partial charge in [-0.1, -0.05) is 48.0 Å². The van der Waals surface area contributed by atoms with Crippen molar-refractivity contribution in [3.63, 3.8) is 0 Å². The Morgan fingerprint density at radius 1 is 1.23 bits per heavy atom. The third-order valence-electron chi connectivity index (χ3n) is 3.72. The summed E-state index contributed by atoms with van der Waals surface area (Å²) >= 11 is 5.88. The Kier molecular flexibility index (Phi) is 4.20. The predicted octanol–water partition coefficient (Wildman–Crippen LogP) is 3.73. The molecule has 2 aromatic rings. The molecule has 1 saturated carbocycles. The molecule has 0 radical (unpaired) electrons. The molecular formula is C17H14ClFN2O. The number of carbonyl (C=O) groups is 1. The van der Waals surface area contributed by atoms with Crippen molar-refractivity contribution in [3.8, 4) is 0 Å². The minimum atomic E-state index is -0.473. The van der Waals surface area contributed by atoms with E-state index in [0.717, 1.165) is 12.0 Å². The summed E-state index contributed by atoms with van der Waals surface area (Å²) in [6, 6.07) is 14.3. The first-order valence-corrected chi connectivity index (χ1v) is 7.36. The SMILES string of the molecule is O=C(N/N=C\c1c(F)cccc1Cl)[C@@H]1C[C@H]1c1ccccc1. The molecule has 5 heteroatoms. The van der Waals surface area contributed by atoms with Crippen molar-refractivity contribution in [1.29, 1.82) is 0 Å². The quantitative estimate of drug-likeness (QED) is 0.677. The van der Waals surface area contributed by atoms with E-state index >= 15 is 0 Å².